The largest absolute Gasteiger partial charge is 0.394 e. The highest BCUT2D eigenvalue weighted by molar-refractivity contribution is 6.27. The van der Waals surface area contributed by atoms with Crippen LogP contribution < -0.4 is 0 Å². The van der Waals surface area contributed by atoms with Crippen LogP contribution in [0.4, 0.5) is 0 Å². The molecule has 0 rings (SSSR count). The zero-order valence-corrected chi connectivity index (χ0v) is 3.85. The fourth-order valence-corrected chi connectivity index (χ4v) is 0.0430. The molecule has 0 fully saturated rings. The predicted octanol–water partition coefficient (Wildman–Crippen LogP) is -0.215. The lowest BCUT2D eigenvalue weighted by Gasteiger charge is -1.86. The summed E-state index contributed by atoms with van der Waals surface area (Å²) in [6.45, 7) is -0.273. The molecule has 1 atom stereocenters. The standard InChI is InChI=1S/C3H5ClO2/c4-3(1-5)2-6/h1,3,6H,2H2/t3-/m0/s1. The van der Waals surface area contributed by atoms with E-state index in [0.29, 0.717) is 6.29 Å². The maximum atomic E-state index is 9.44. The number of hydrogen-bond acceptors (Lipinski definition) is 2. The fourth-order valence-electron chi connectivity index (χ4n) is 0.0430. The Hall–Kier alpha value is -0.0800. The van der Waals surface area contributed by atoms with Gasteiger partial charge in [0, 0.05) is 0 Å². The molecule has 0 aromatic heterocycles. The summed E-state index contributed by atoms with van der Waals surface area (Å²) in [5.74, 6) is 0. The van der Waals surface area contributed by atoms with Gasteiger partial charge in [-0.1, -0.05) is 0 Å². The number of aliphatic hydroxyl groups is 1. The number of halogens is 1. The van der Waals surface area contributed by atoms with Crippen LogP contribution in [0.5, 0.6) is 0 Å². The zero-order chi connectivity index (χ0) is 4.99. The van der Waals surface area contributed by atoms with Gasteiger partial charge in [-0.25, -0.2) is 0 Å². The lowest BCUT2D eigenvalue weighted by atomic mass is 10.5. The average molecular weight is 109 g/mol. The first-order chi connectivity index (χ1) is 2.81. The molecule has 2 nitrogen and oxygen atoms in total. The number of aldehydes is 1. The molecular formula is C3H5ClO2. The summed E-state index contributed by atoms with van der Waals surface area (Å²) in [5.41, 5.74) is 0. The van der Waals surface area contributed by atoms with Gasteiger partial charge in [-0.2, -0.15) is 0 Å². The Morgan fingerprint density at radius 3 is 2.50 bits per heavy atom. The second kappa shape index (κ2) is 3.12. The normalized spacial score (nSPS) is 13.7. The second-order valence-electron chi connectivity index (χ2n) is 0.835. The molecule has 0 heterocycles. The minimum Gasteiger partial charge on any atom is -0.394 e. The van der Waals surface area contributed by atoms with Crippen molar-refractivity contribution >= 4 is 17.9 Å². The van der Waals surface area contributed by atoms with Crippen LogP contribution in [-0.4, -0.2) is 23.4 Å². The molecule has 0 aliphatic rings. The number of alkyl halides is 1. The maximum absolute atomic E-state index is 9.44. The van der Waals surface area contributed by atoms with E-state index in [1.807, 2.05) is 0 Å². The van der Waals surface area contributed by atoms with Crippen molar-refractivity contribution in [1.29, 1.82) is 0 Å². The summed E-state index contributed by atoms with van der Waals surface area (Å²) < 4.78 is 0. The minimum absolute atomic E-state index is 0.273. The smallest absolute Gasteiger partial charge is 0.140 e. The Kier molecular flexibility index (Phi) is 3.08. The van der Waals surface area contributed by atoms with Crippen LogP contribution in [0, 0.1) is 0 Å². The van der Waals surface area contributed by atoms with Crippen molar-refractivity contribution in [3.63, 3.8) is 0 Å². The topological polar surface area (TPSA) is 37.3 Å². The van der Waals surface area contributed by atoms with E-state index in [-0.39, 0.29) is 6.61 Å². The SMILES string of the molecule is O=C[C@H](Cl)CO. The van der Waals surface area contributed by atoms with Crippen molar-refractivity contribution in [2.75, 3.05) is 6.61 Å². The predicted molar refractivity (Wildman–Crippen MR) is 22.8 cm³/mol. The summed E-state index contributed by atoms with van der Waals surface area (Å²) in [5, 5.41) is 7.25. The minimum atomic E-state index is -0.718. The molecule has 6 heavy (non-hydrogen) atoms. The van der Waals surface area contributed by atoms with Gasteiger partial charge in [0.05, 0.1) is 6.61 Å². The molecule has 0 aliphatic heterocycles. The Labute approximate surface area is 40.7 Å². The van der Waals surface area contributed by atoms with Crippen LogP contribution in [0.3, 0.4) is 0 Å². The molecule has 0 unspecified atom stereocenters. The molecule has 0 spiro atoms. The summed E-state index contributed by atoms with van der Waals surface area (Å²) in [6.07, 6.45) is 0.488. The van der Waals surface area contributed by atoms with Gasteiger partial charge in [-0.15, -0.1) is 11.6 Å². The third kappa shape index (κ3) is 2.18. The van der Waals surface area contributed by atoms with Crippen LogP contribution in [-0.2, 0) is 4.79 Å². The van der Waals surface area contributed by atoms with Crippen molar-refractivity contribution in [3.8, 4) is 0 Å². The highest BCUT2D eigenvalue weighted by atomic mass is 35.5. The first-order valence-electron chi connectivity index (χ1n) is 1.51. The number of aliphatic hydroxyl groups excluding tert-OH is 1. The van der Waals surface area contributed by atoms with E-state index in [2.05, 4.69) is 0 Å². The molecule has 1 N–H and O–H groups in total. The molecule has 3 heteroatoms. The van der Waals surface area contributed by atoms with Crippen molar-refractivity contribution in [1.82, 2.24) is 0 Å². The number of carbonyl (C=O) groups is 1. The van der Waals surface area contributed by atoms with Crippen molar-refractivity contribution in [3.05, 3.63) is 0 Å². The molecule has 0 aromatic carbocycles. The van der Waals surface area contributed by atoms with Crippen LogP contribution >= 0.6 is 11.6 Å². The average Bonchev–Trinajstić information content (AvgIpc) is 1.65. The lowest BCUT2D eigenvalue weighted by Crippen LogP contribution is -2.04. The molecule has 0 aromatic rings. The third-order valence-electron chi connectivity index (χ3n) is 0.322. The molecule has 0 bridgehead atoms. The van der Waals surface area contributed by atoms with Crippen LogP contribution in [0.2, 0.25) is 0 Å². The van der Waals surface area contributed by atoms with E-state index in [1.165, 1.54) is 0 Å². The molecule has 0 amide bonds. The zero-order valence-electron chi connectivity index (χ0n) is 3.10. The lowest BCUT2D eigenvalue weighted by molar-refractivity contribution is -0.108. The van der Waals surface area contributed by atoms with E-state index in [1.54, 1.807) is 0 Å². The molecule has 0 saturated carbocycles. The van der Waals surface area contributed by atoms with Gasteiger partial charge in [0.2, 0.25) is 0 Å². The Morgan fingerprint density at radius 2 is 2.50 bits per heavy atom. The summed E-state index contributed by atoms with van der Waals surface area (Å²) in [4.78, 5) is 9.44. The van der Waals surface area contributed by atoms with E-state index >= 15 is 0 Å². The summed E-state index contributed by atoms with van der Waals surface area (Å²) in [7, 11) is 0. The number of carbonyl (C=O) groups excluding carboxylic acids is 1. The molecule has 0 aliphatic carbocycles. The van der Waals surface area contributed by atoms with E-state index in [4.69, 9.17) is 16.7 Å². The van der Waals surface area contributed by atoms with Crippen LogP contribution in [0.15, 0.2) is 0 Å². The van der Waals surface area contributed by atoms with Crippen molar-refractivity contribution in [2.24, 2.45) is 0 Å². The van der Waals surface area contributed by atoms with Gasteiger partial charge in [0.15, 0.2) is 0 Å². The summed E-state index contributed by atoms with van der Waals surface area (Å²) in [6, 6.07) is 0. The van der Waals surface area contributed by atoms with Crippen LogP contribution in [0.1, 0.15) is 0 Å². The molecule has 36 valence electrons. The van der Waals surface area contributed by atoms with E-state index in [0.717, 1.165) is 0 Å². The van der Waals surface area contributed by atoms with Gasteiger partial charge >= 0.3 is 0 Å². The monoisotopic (exact) mass is 108 g/mol. The Morgan fingerprint density at radius 1 is 2.00 bits per heavy atom. The van der Waals surface area contributed by atoms with E-state index in [9.17, 15) is 4.79 Å². The maximum Gasteiger partial charge on any atom is 0.140 e. The Balaban J connectivity index is 2.96. The number of rotatable bonds is 2. The van der Waals surface area contributed by atoms with Gasteiger partial charge in [-0.05, 0) is 0 Å². The quantitative estimate of drug-likeness (QED) is 0.393. The Bertz CT molecular complexity index is 46.1. The molecule has 0 saturated heterocycles. The van der Waals surface area contributed by atoms with Crippen molar-refractivity contribution < 1.29 is 9.90 Å². The first kappa shape index (κ1) is 5.92. The number of hydrogen-bond donors (Lipinski definition) is 1. The van der Waals surface area contributed by atoms with Gasteiger partial charge < -0.3 is 9.90 Å². The van der Waals surface area contributed by atoms with Crippen LogP contribution in [0.25, 0.3) is 0 Å². The summed E-state index contributed by atoms with van der Waals surface area (Å²) >= 11 is 5.03. The molecule has 0 radical (unpaired) electrons. The third-order valence-corrected chi connectivity index (χ3v) is 0.563. The van der Waals surface area contributed by atoms with Crippen molar-refractivity contribution in [2.45, 2.75) is 5.38 Å². The second-order valence-corrected chi connectivity index (χ2v) is 1.40. The van der Waals surface area contributed by atoms with Gasteiger partial charge in [0.1, 0.15) is 11.7 Å². The molecular weight excluding hydrogens is 103 g/mol. The van der Waals surface area contributed by atoms with Gasteiger partial charge in [-0.3, -0.25) is 0 Å². The highest BCUT2D eigenvalue weighted by Gasteiger charge is 1.94. The van der Waals surface area contributed by atoms with E-state index < -0.39 is 5.38 Å². The fraction of sp³-hybridized carbons (Fsp3) is 0.667. The van der Waals surface area contributed by atoms with Gasteiger partial charge in [0.25, 0.3) is 0 Å². The first-order valence-corrected chi connectivity index (χ1v) is 1.95. The highest BCUT2D eigenvalue weighted by Crippen LogP contribution is 1.84.